The standard InChI is InChI=1S/C13H14F2N4O/c1-16-13(20)8-19-7-11(6-18-19)17-5-9-2-3-10(14)4-12(9)15/h2-4,6-7,17H,5,8H2,1H3,(H,16,20). The zero-order valence-electron chi connectivity index (χ0n) is 10.9. The monoisotopic (exact) mass is 280 g/mol. The molecule has 1 amide bonds. The van der Waals surface area contributed by atoms with E-state index in [4.69, 9.17) is 0 Å². The number of hydrogen-bond donors (Lipinski definition) is 2. The first kappa shape index (κ1) is 14.0. The number of aromatic nitrogens is 2. The molecule has 2 rings (SSSR count). The molecular formula is C13H14F2N4O. The Kier molecular flexibility index (Phi) is 4.29. The average molecular weight is 280 g/mol. The summed E-state index contributed by atoms with van der Waals surface area (Å²) < 4.78 is 27.6. The molecule has 0 saturated carbocycles. The molecule has 20 heavy (non-hydrogen) atoms. The van der Waals surface area contributed by atoms with Crippen LogP contribution in [-0.4, -0.2) is 22.7 Å². The fourth-order valence-corrected chi connectivity index (χ4v) is 1.63. The van der Waals surface area contributed by atoms with Gasteiger partial charge in [0.1, 0.15) is 18.2 Å². The maximum Gasteiger partial charge on any atom is 0.241 e. The summed E-state index contributed by atoms with van der Waals surface area (Å²) in [5.74, 6) is -1.37. The molecule has 1 aromatic carbocycles. The van der Waals surface area contributed by atoms with Crippen LogP contribution in [0.3, 0.4) is 0 Å². The van der Waals surface area contributed by atoms with Gasteiger partial charge in [0.2, 0.25) is 5.91 Å². The Morgan fingerprint density at radius 3 is 2.90 bits per heavy atom. The normalized spacial score (nSPS) is 10.3. The van der Waals surface area contributed by atoms with E-state index in [1.807, 2.05) is 0 Å². The predicted molar refractivity (Wildman–Crippen MR) is 70.0 cm³/mol. The van der Waals surface area contributed by atoms with Crippen molar-refractivity contribution < 1.29 is 13.6 Å². The van der Waals surface area contributed by atoms with Gasteiger partial charge < -0.3 is 10.6 Å². The second-order valence-corrected chi connectivity index (χ2v) is 4.19. The van der Waals surface area contributed by atoms with Crippen LogP contribution in [0.15, 0.2) is 30.6 Å². The van der Waals surface area contributed by atoms with Crippen molar-refractivity contribution in [1.29, 1.82) is 0 Å². The van der Waals surface area contributed by atoms with Crippen LogP contribution in [-0.2, 0) is 17.9 Å². The number of carbonyl (C=O) groups is 1. The largest absolute Gasteiger partial charge is 0.378 e. The molecule has 0 aliphatic rings. The van der Waals surface area contributed by atoms with Gasteiger partial charge in [0, 0.05) is 31.4 Å². The molecule has 1 heterocycles. The highest BCUT2D eigenvalue weighted by Crippen LogP contribution is 2.12. The van der Waals surface area contributed by atoms with Crippen LogP contribution in [0.2, 0.25) is 0 Å². The lowest BCUT2D eigenvalue weighted by atomic mass is 10.2. The number of nitrogens with one attached hydrogen (secondary N) is 2. The highest BCUT2D eigenvalue weighted by molar-refractivity contribution is 5.75. The minimum Gasteiger partial charge on any atom is -0.378 e. The van der Waals surface area contributed by atoms with E-state index in [0.717, 1.165) is 6.07 Å². The van der Waals surface area contributed by atoms with Crippen LogP contribution in [0, 0.1) is 11.6 Å². The molecule has 2 aromatic rings. The van der Waals surface area contributed by atoms with Gasteiger partial charge >= 0.3 is 0 Å². The topological polar surface area (TPSA) is 59.0 Å². The summed E-state index contributed by atoms with van der Waals surface area (Å²) in [5, 5.41) is 9.44. The number of carbonyl (C=O) groups excluding carboxylic acids is 1. The van der Waals surface area contributed by atoms with Crippen LogP contribution in [0.25, 0.3) is 0 Å². The number of anilines is 1. The quantitative estimate of drug-likeness (QED) is 0.873. The maximum absolute atomic E-state index is 13.4. The highest BCUT2D eigenvalue weighted by atomic mass is 19.1. The van der Waals surface area contributed by atoms with E-state index in [-0.39, 0.29) is 19.0 Å². The van der Waals surface area contributed by atoms with Gasteiger partial charge in [-0.2, -0.15) is 5.10 Å². The van der Waals surface area contributed by atoms with E-state index in [0.29, 0.717) is 11.3 Å². The zero-order chi connectivity index (χ0) is 14.5. The van der Waals surface area contributed by atoms with Gasteiger partial charge in [-0.3, -0.25) is 9.48 Å². The third kappa shape index (κ3) is 3.53. The molecular weight excluding hydrogens is 266 g/mol. The first-order chi connectivity index (χ1) is 9.58. The summed E-state index contributed by atoms with van der Waals surface area (Å²) in [4.78, 5) is 11.2. The molecule has 0 spiro atoms. The first-order valence-corrected chi connectivity index (χ1v) is 5.99. The number of hydrogen-bond acceptors (Lipinski definition) is 3. The Hall–Kier alpha value is -2.44. The summed E-state index contributed by atoms with van der Waals surface area (Å²) in [6.07, 6.45) is 3.17. The number of benzene rings is 1. The number of nitrogens with zero attached hydrogens (tertiary/aromatic N) is 2. The molecule has 0 fully saturated rings. The van der Waals surface area contributed by atoms with Crippen LogP contribution < -0.4 is 10.6 Å². The average Bonchev–Trinajstić information content (AvgIpc) is 2.85. The molecule has 0 atom stereocenters. The minimum absolute atomic E-state index is 0.114. The number of rotatable bonds is 5. The SMILES string of the molecule is CNC(=O)Cn1cc(NCc2ccc(F)cc2F)cn1. The van der Waals surface area contributed by atoms with Gasteiger partial charge in [0.15, 0.2) is 0 Å². The lowest BCUT2D eigenvalue weighted by molar-refractivity contribution is -0.121. The molecule has 0 aliphatic heterocycles. The van der Waals surface area contributed by atoms with E-state index in [1.54, 1.807) is 13.2 Å². The summed E-state index contributed by atoms with van der Waals surface area (Å²) in [7, 11) is 1.54. The van der Waals surface area contributed by atoms with Crippen molar-refractivity contribution >= 4 is 11.6 Å². The molecule has 7 heteroatoms. The van der Waals surface area contributed by atoms with Crippen molar-refractivity contribution in [3.05, 3.63) is 47.8 Å². The van der Waals surface area contributed by atoms with Gasteiger partial charge in [0.05, 0.1) is 11.9 Å². The number of amides is 1. The van der Waals surface area contributed by atoms with E-state index in [9.17, 15) is 13.6 Å². The van der Waals surface area contributed by atoms with Crippen LogP contribution in [0.4, 0.5) is 14.5 Å². The first-order valence-electron chi connectivity index (χ1n) is 5.99. The molecule has 0 unspecified atom stereocenters. The van der Waals surface area contributed by atoms with Gasteiger partial charge in [0.25, 0.3) is 0 Å². The fraction of sp³-hybridized carbons (Fsp3) is 0.231. The Morgan fingerprint density at radius 1 is 1.40 bits per heavy atom. The smallest absolute Gasteiger partial charge is 0.241 e. The summed E-state index contributed by atoms with van der Waals surface area (Å²) in [6.45, 7) is 0.320. The van der Waals surface area contributed by atoms with Crippen molar-refractivity contribution in [1.82, 2.24) is 15.1 Å². The van der Waals surface area contributed by atoms with E-state index < -0.39 is 11.6 Å². The fourth-order valence-electron chi connectivity index (χ4n) is 1.63. The maximum atomic E-state index is 13.4. The number of likely N-dealkylation sites (N-methyl/N-ethyl adjacent to an activating group) is 1. The lowest BCUT2D eigenvalue weighted by Gasteiger charge is -2.05. The predicted octanol–water partition coefficient (Wildman–Crippen LogP) is 1.52. The third-order valence-electron chi connectivity index (χ3n) is 2.72. The number of halogens is 2. The second-order valence-electron chi connectivity index (χ2n) is 4.19. The van der Waals surface area contributed by atoms with Crippen LogP contribution in [0.1, 0.15) is 5.56 Å². The minimum atomic E-state index is -0.607. The van der Waals surface area contributed by atoms with Crippen molar-refractivity contribution in [2.75, 3.05) is 12.4 Å². The van der Waals surface area contributed by atoms with Gasteiger partial charge in [-0.25, -0.2) is 8.78 Å². The summed E-state index contributed by atoms with van der Waals surface area (Å²) in [6, 6.07) is 3.42. The molecule has 0 aliphatic carbocycles. The molecule has 1 aromatic heterocycles. The van der Waals surface area contributed by atoms with Crippen molar-refractivity contribution in [3.63, 3.8) is 0 Å². The second kappa shape index (κ2) is 6.14. The Labute approximate surface area is 114 Å². The Morgan fingerprint density at radius 2 is 2.20 bits per heavy atom. The molecule has 106 valence electrons. The van der Waals surface area contributed by atoms with E-state index >= 15 is 0 Å². The van der Waals surface area contributed by atoms with Crippen molar-refractivity contribution in [3.8, 4) is 0 Å². The third-order valence-corrected chi connectivity index (χ3v) is 2.72. The summed E-state index contributed by atoms with van der Waals surface area (Å²) >= 11 is 0. The van der Waals surface area contributed by atoms with Gasteiger partial charge in [-0.1, -0.05) is 6.07 Å². The molecule has 0 saturated heterocycles. The van der Waals surface area contributed by atoms with Gasteiger partial charge in [-0.15, -0.1) is 0 Å². The lowest BCUT2D eigenvalue weighted by Crippen LogP contribution is -2.23. The molecule has 0 radical (unpaired) electrons. The Balaban J connectivity index is 1.95. The zero-order valence-corrected chi connectivity index (χ0v) is 10.9. The van der Waals surface area contributed by atoms with E-state index in [2.05, 4.69) is 15.7 Å². The molecule has 5 nitrogen and oxygen atoms in total. The van der Waals surface area contributed by atoms with Crippen LogP contribution in [0.5, 0.6) is 0 Å². The highest BCUT2D eigenvalue weighted by Gasteiger charge is 2.05. The van der Waals surface area contributed by atoms with Gasteiger partial charge in [-0.05, 0) is 6.07 Å². The van der Waals surface area contributed by atoms with Crippen molar-refractivity contribution in [2.45, 2.75) is 13.1 Å². The van der Waals surface area contributed by atoms with E-state index in [1.165, 1.54) is 23.0 Å². The van der Waals surface area contributed by atoms with Crippen molar-refractivity contribution in [2.24, 2.45) is 0 Å². The summed E-state index contributed by atoms with van der Waals surface area (Å²) in [5.41, 5.74) is 1.00. The molecule has 0 bridgehead atoms. The Bertz CT molecular complexity index is 612. The van der Waals surface area contributed by atoms with Crippen LogP contribution >= 0.6 is 0 Å². The molecule has 2 N–H and O–H groups in total.